The standard InChI is InChI=1S/C44H46N2O.C12H8O/c1-9-17-32(27-30(3)43(5,6)37-20-12-14-22-39(37)45)33(18-10-2)28-31(4)44(7,8)38-21-13-15-23-40(38)46-34-25-26-42-36(29-34)35-19-11-16-24-41(35)47-42;1-3-7-11-9(5-1)10-6-2-4-8-12(10)13-11/h9-29,46H,3-4,45H2,1-2,5-8H3;1-8H/b17-9-,18-10-,32-27+,33-28+;. The molecule has 0 radical (unpaired) electrons. The van der Waals surface area contributed by atoms with Gasteiger partial charge in [-0.05, 0) is 95.8 Å². The summed E-state index contributed by atoms with van der Waals surface area (Å²) in [6.07, 6.45) is 12.8. The molecule has 2 heterocycles. The smallest absolute Gasteiger partial charge is 0.135 e. The van der Waals surface area contributed by atoms with E-state index in [1.165, 1.54) is 10.8 Å². The van der Waals surface area contributed by atoms with Crippen LogP contribution in [0.2, 0.25) is 0 Å². The predicted octanol–water partition coefficient (Wildman–Crippen LogP) is 15.9. The molecule has 0 unspecified atom stereocenters. The Balaban J connectivity index is 0.000000350. The third-order valence-corrected chi connectivity index (χ3v) is 11.5. The summed E-state index contributed by atoms with van der Waals surface area (Å²) in [6, 6.07) is 47.1. The number of fused-ring (bicyclic) bond motifs is 6. The minimum Gasteiger partial charge on any atom is -0.456 e. The molecule has 0 fully saturated rings. The normalized spacial score (nSPS) is 12.8. The van der Waals surface area contributed by atoms with Crippen LogP contribution in [0.25, 0.3) is 43.9 Å². The van der Waals surface area contributed by atoms with Crippen molar-refractivity contribution in [1.82, 2.24) is 0 Å². The summed E-state index contributed by atoms with van der Waals surface area (Å²) in [5.74, 6) is 0. The Morgan fingerprint density at radius 3 is 1.45 bits per heavy atom. The predicted molar refractivity (Wildman–Crippen MR) is 258 cm³/mol. The van der Waals surface area contributed by atoms with Crippen molar-refractivity contribution in [2.24, 2.45) is 0 Å². The zero-order valence-corrected chi connectivity index (χ0v) is 35.6. The van der Waals surface area contributed by atoms with Gasteiger partial charge in [0.2, 0.25) is 0 Å². The zero-order valence-electron chi connectivity index (χ0n) is 35.6. The van der Waals surface area contributed by atoms with E-state index in [2.05, 4.69) is 143 Å². The number of hydrogen-bond donors (Lipinski definition) is 2. The fourth-order valence-electron chi connectivity index (χ4n) is 7.73. The largest absolute Gasteiger partial charge is 0.456 e. The van der Waals surface area contributed by atoms with Gasteiger partial charge in [0, 0.05) is 49.4 Å². The van der Waals surface area contributed by atoms with Crippen LogP contribution in [0.4, 0.5) is 17.1 Å². The Morgan fingerprint density at radius 1 is 0.517 bits per heavy atom. The molecule has 60 heavy (non-hydrogen) atoms. The second kappa shape index (κ2) is 17.4. The number of anilines is 3. The summed E-state index contributed by atoms with van der Waals surface area (Å²) < 4.78 is 11.7. The molecular formula is C56H54N2O2. The average molecular weight is 787 g/mol. The van der Waals surface area contributed by atoms with Gasteiger partial charge in [-0.25, -0.2) is 0 Å². The molecule has 0 atom stereocenters. The first kappa shape index (κ1) is 41.1. The van der Waals surface area contributed by atoms with Gasteiger partial charge in [-0.1, -0.05) is 168 Å². The van der Waals surface area contributed by atoms with E-state index in [0.29, 0.717) is 0 Å². The number of furan rings is 2. The first-order chi connectivity index (χ1) is 28.9. The van der Waals surface area contributed by atoms with Crippen molar-refractivity contribution in [3.63, 3.8) is 0 Å². The topological polar surface area (TPSA) is 64.3 Å². The molecule has 0 spiro atoms. The summed E-state index contributed by atoms with van der Waals surface area (Å²) in [7, 11) is 0. The number of hydrogen-bond acceptors (Lipinski definition) is 4. The molecule has 8 rings (SSSR count). The lowest BCUT2D eigenvalue weighted by molar-refractivity contribution is 0.642. The summed E-state index contributed by atoms with van der Waals surface area (Å²) >= 11 is 0. The van der Waals surface area contributed by atoms with E-state index in [4.69, 9.17) is 14.6 Å². The molecule has 8 aromatic rings. The first-order valence-electron chi connectivity index (χ1n) is 20.5. The van der Waals surface area contributed by atoms with E-state index in [-0.39, 0.29) is 5.41 Å². The van der Waals surface area contributed by atoms with Gasteiger partial charge in [0.25, 0.3) is 0 Å². The number of rotatable bonds is 11. The molecule has 0 aliphatic carbocycles. The van der Waals surface area contributed by atoms with Gasteiger partial charge in [-0.15, -0.1) is 0 Å². The van der Waals surface area contributed by atoms with E-state index >= 15 is 0 Å². The van der Waals surface area contributed by atoms with Gasteiger partial charge < -0.3 is 19.9 Å². The van der Waals surface area contributed by atoms with Gasteiger partial charge in [-0.3, -0.25) is 0 Å². The second-order valence-corrected chi connectivity index (χ2v) is 16.2. The lowest BCUT2D eigenvalue weighted by atomic mass is 9.75. The molecule has 0 saturated heterocycles. The van der Waals surface area contributed by atoms with Gasteiger partial charge >= 0.3 is 0 Å². The van der Waals surface area contributed by atoms with Crippen LogP contribution in [0.15, 0.2) is 220 Å². The minimum absolute atomic E-state index is 0.355. The van der Waals surface area contributed by atoms with E-state index < -0.39 is 5.41 Å². The molecule has 0 saturated carbocycles. The van der Waals surface area contributed by atoms with Crippen LogP contribution in [0.3, 0.4) is 0 Å². The van der Waals surface area contributed by atoms with Crippen molar-refractivity contribution in [1.29, 1.82) is 0 Å². The molecule has 4 nitrogen and oxygen atoms in total. The summed E-state index contributed by atoms with van der Waals surface area (Å²) in [5.41, 5.74) is 18.4. The number of allylic oxidation sites excluding steroid dienone is 10. The monoisotopic (exact) mass is 786 g/mol. The van der Waals surface area contributed by atoms with Crippen LogP contribution in [0.1, 0.15) is 52.7 Å². The van der Waals surface area contributed by atoms with Crippen LogP contribution >= 0.6 is 0 Å². The Bertz CT molecular complexity index is 2930. The molecule has 2 aromatic heterocycles. The Morgan fingerprint density at radius 2 is 0.933 bits per heavy atom. The number of nitrogen functional groups attached to an aromatic ring is 1. The van der Waals surface area contributed by atoms with Crippen molar-refractivity contribution >= 4 is 60.9 Å². The molecule has 0 bridgehead atoms. The van der Waals surface area contributed by atoms with Crippen molar-refractivity contribution in [2.45, 2.75) is 52.4 Å². The lowest BCUT2D eigenvalue weighted by Crippen LogP contribution is -2.21. The number of nitrogens with two attached hydrogens (primary N) is 1. The molecule has 0 aliphatic rings. The molecule has 0 aliphatic heterocycles. The highest BCUT2D eigenvalue weighted by Gasteiger charge is 2.28. The zero-order chi connectivity index (χ0) is 42.4. The third kappa shape index (κ3) is 8.41. The van der Waals surface area contributed by atoms with Crippen LogP contribution in [-0.2, 0) is 10.8 Å². The summed E-state index contributed by atoms with van der Waals surface area (Å²) in [6.45, 7) is 22.0. The number of nitrogens with one attached hydrogen (secondary N) is 1. The number of benzene rings is 6. The fraction of sp³-hybridized carbons (Fsp3) is 0.143. The number of para-hydroxylation sites is 5. The van der Waals surface area contributed by atoms with Crippen molar-refractivity contribution < 1.29 is 8.83 Å². The third-order valence-electron chi connectivity index (χ3n) is 11.5. The maximum atomic E-state index is 6.39. The highest BCUT2D eigenvalue weighted by molar-refractivity contribution is 6.06. The van der Waals surface area contributed by atoms with Gasteiger partial charge in [0.15, 0.2) is 0 Å². The van der Waals surface area contributed by atoms with Gasteiger partial charge in [-0.2, -0.15) is 0 Å². The van der Waals surface area contributed by atoms with Gasteiger partial charge in [0.1, 0.15) is 22.3 Å². The maximum absolute atomic E-state index is 6.39. The highest BCUT2D eigenvalue weighted by Crippen LogP contribution is 2.40. The molecule has 6 aromatic carbocycles. The van der Waals surface area contributed by atoms with E-state index in [0.717, 1.165) is 83.6 Å². The van der Waals surface area contributed by atoms with Crippen LogP contribution in [-0.4, -0.2) is 0 Å². The molecule has 4 heteroatoms. The quantitative estimate of drug-likeness (QED) is 0.101. The summed E-state index contributed by atoms with van der Waals surface area (Å²) in [4.78, 5) is 0. The van der Waals surface area contributed by atoms with Crippen molar-refractivity contribution in [3.05, 3.63) is 223 Å². The van der Waals surface area contributed by atoms with Crippen molar-refractivity contribution in [3.8, 4) is 0 Å². The highest BCUT2D eigenvalue weighted by atomic mass is 16.3. The molecule has 300 valence electrons. The molecule has 3 N–H and O–H groups in total. The average Bonchev–Trinajstić information content (AvgIpc) is 3.82. The molecule has 0 amide bonds. The Hall–Kier alpha value is -7.04. The Labute approximate surface area is 354 Å². The Kier molecular flexibility index (Phi) is 12.0. The maximum Gasteiger partial charge on any atom is 0.135 e. The fourth-order valence-corrected chi connectivity index (χ4v) is 7.73. The van der Waals surface area contributed by atoms with E-state index in [1.807, 2.05) is 92.7 Å². The van der Waals surface area contributed by atoms with Gasteiger partial charge in [0.05, 0.1) is 0 Å². The SMILES string of the molecule is C=C(/C=C(\C=C/C)C(/C=C\C)=C/C(=C)C(C)(C)c1ccccc1Nc1ccc2oc3ccccc3c2c1)C(C)(C)c1ccccc1N.c1ccc2c(c1)oc1ccccc12. The van der Waals surface area contributed by atoms with Crippen molar-refractivity contribution in [2.75, 3.05) is 11.1 Å². The molecular weight excluding hydrogens is 733 g/mol. The minimum atomic E-state index is -0.390. The first-order valence-corrected chi connectivity index (χ1v) is 20.5. The van der Waals surface area contributed by atoms with E-state index in [1.54, 1.807) is 0 Å². The second-order valence-electron chi connectivity index (χ2n) is 16.2. The van der Waals surface area contributed by atoms with Crippen LogP contribution < -0.4 is 11.1 Å². The summed E-state index contributed by atoms with van der Waals surface area (Å²) in [5, 5.41) is 8.29. The lowest BCUT2D eigenvalue weighted by Gasteiger charge is -2.30. The van der Waals surface area contributed by atoms with E-state index in [9.17, 15) is 0 Å². The van der Waals surface area contributed by atoms with Crippen LogP contribution in [0.5, 0.6) is 0 Å². The van der Waals surface area contributed by atoms with Crippen LogP contribution in [0, 0.1) is 0 Å².